The Kier molecular flexibility index (Phi) is 3.37. The monoisotopic (exact) mass is 308 g/mol. The Hall–Kier alpha value is -0.900. The van der Waals surface area contributed by atoms with Gasteiger partial charge in [0.25, 0.3) is 0 Å². The zero-order chi connectivity index (χ0) is 12.5. The summed E-state index contributed by atoms with van der Waals surface area (Å²) >= 11 is 3.28. The van der Waals surface area contributed by atoms with Crippen molar-refractivity contribution in [1.82, 2.24) is 4.98 Å². The lowest BCUT2D eigenvalue weighted by Gasteiger charge is -2.20. The van der Waals surface area contributed by atoms with Crippen LogP contribution in [0.2, 0.25) is 0 Å². The molecule has 1 aromatic heterocycles. The van der Waals surface area contributed by atoms with Crippen LogP contribution in [0.5, 0.6) is 0 Å². The number of nitrogens with zero attached hydrogens (tertiary/aromatic N) is 1. The van der Waals surface area contributed by atoms with Gasteiger partial charge >= 0.3 is 0 Å². The number of hydrogen-bond acceptors (Lipinski definition) is 2. The first-order valence-electron chi connectivity index (χ1n) is 6.62. The van der Waals surface area contributed by atoms with Crippen molar-refractivity contribution in [2.24, 2.45) is 17.8 Å². The van der Waals surface area contributed by atoms with Crippen LogP contribution in [0.4, 0.5) is 5.69 Å². The number of fused-ring (bicyclic) bond motifs is 2. The minimum atomic E-state index is 0.136. The van der Waals surface area contributed by atoms with Crippen molar-refractivity contribution in [3.8, 4) is 0 Å². The largest absolute Gasteiger partial charge is 0.325 e. The zero-order valence-electron chi connectivity index (χ0n) is 10.2. The summed E-state index contributed by atoms with van der Waals surface area (Å²) in [5.41, 5.74) is 0.784. The van der Waals surface area contributed by atoms with Gasteiger partial charge in [0.2, 0.25) is 5.91 Å². The molecule has 3 rings (SSSR count). The Morgan fingerprint density at radius 3 is 2.89 bits per heavy atom. The Morgan fingerprint density at radius 1 is 1.39 bits per heavy atom. The Balaban J connectivity index is 1.54. The molecular weight excluding hydrogens is 292 g/mol. The zero-order valence-corrected chi connectivity index (χ0v) is 11.8. The molecular formula is C14H17BrN2O. The number of halogens is 1. The summed E-state index contributed by atoms with van der Waals surface area (Å²) in [4.78, 5) is 16.1. The number of hydrogen-bond donors (Lipinski definition) is 1. The molecule has 1 N–H and O–H groups in total. The SMILES string of the molecule is O=C(CC1CC2CCC1C2)Nc1ccc(Br)nc1. The number of carbonyl (C=O) groups excluding carboxylic acids is 1. The lowest BCUT2D eigenvalue weighted by atomic mass is 9.86. The van der Waals surface area contributed by atoms with E-state index in [1.54, 1.807) is 6.20 Å². The number of aromatic nitrogens is 1. The third kappa shape index (κ3) is 2.58. The quantitative estimate of drug-likeness (QED) is 0.867. The Labute approximate surface area is 116 Å². The number of pyridine rings is 1. The molecule has 1 amide bonds. The Bertz CT molecular complexity index is 446. The van der Waals surface area contributed by atoms with Crippen molar-refractivity contribution in [3.05, 3.63) is 22.9 Å². The lowest BCUT2D eigenvalue weighted by Crippen LogP contribution is -2.20. The third-order valence-electron chi connectivity index (χ3n) is 4.34. The molecule has 0 aromatic carbocycles. The molecule has 0 saturated heterocycles. The molecule has 3 nitrogen and oxygen atoms in total. The Morgan fingerprint density at radius 2 is 2.28 bits per heavy atom. The van der Waals surface area contributed by atoms with Crippen LogP contribution in [0, 0.1) is 17.8 Å². The fraction of sp³-hybridized carbons (Fsp3) is 0.571. The highest BCUT2D eigenvalue weighted by Gasteiger charge is 2.40. The highest BCUT2D eigenvalue weighted by Crippen LogP contribution is 2.49. The van der Waals surface area contributed by atoms with Gasteiger partial charge in [-0.2, -0.15) is 0 Å². The average molecular weight is 309 g/mol. The van der Waals surface area contributed by atoms with Crippen LogP contribution in [0.25, 0.3) is 0 Å². The van der Waals surface area contributed by atoms with E-state index in [-0.39, 0.29) is 5.91 Å². The highest BCUT2D eigenvalue weighted by atomic mass is 79.9. The number of anilines is 1. The summed E-state index contributed by atoms with van der Waals surface area (Å²) in [6, 6.07) is 3.71. The van der Waals surface area contributed by atoms with Crippen molar-refractivity contribution in [2.45, 2.75) is 32.1 Å². The second-order valence-electron chi connectivity index (χ2n) is 5.56. The molecule has 18 heavy (non-hydrogen) atoms. The van der Waals surface area contributed by atoms with E-state index in [1.807, 2.05) is 12.1 Å². The summed E-state index contributed by atoms with van der Waals surface area (Å²) in [5, 5.41) is 2.93. The van der Waals surface area contributed by atoms with Gasteiger partial charge in [-0.05, 0) is 65.1 Å². The first-order chi connectivity index (χ1) is 8.70. The molecule has 4 heteroatoms. The first kappa shape index (κ1) is 12.2. The smallest absolute Gasteiger partial charge is 0.224 e. The normalized spacial score (nSPS) is 29.5. The highest BCUT2D eigenvalue weighted by molar-refractivity contribution is 9.10. The summed E-state index contributed by atoms with van der Waals surface area (Å²) in [5.74, 6) is 2.47. The van der Waals surface area contributed by atoms with Crippen molar-refractivity contribution < 1.29 is 4.79 Å². The van der Waals surface area contributed by atoms with Crippen LogP contribution in [-0.2, 0) is 4.79 Å². The molecule has 1 aromatic rings. The van der Waals surface area contributed by atoms with Crippen molar-refractivity contribution in [1.29, 1.82) is 0 Å². The minimum absolute atomic E-state index is 0.136. The van der Waals surface area contributed by atoms with E-state index < -0.39 is 0 Å². The molecule has 3 unspecified atom stereocenters. The number of carbonyl (C=O) groups is 1. The van der Waals surface area contributed by atoms with Gasteiger partial charge in [0, 0.05) is 6.42 Å². The molecule has 2 fully saturated rings. The van der Waals surface area contributed by atoms with Crippen LogP contribution < -0.4 is 5.32 Å². The van der Waals surface area contributed by atoms with Gasteiger partial charge in [0.1, 0.15) is 4.60 Å². The predicted octanol–water partition coefficient (Wildman–Crippen LogP) is 3.61. The standard InChI is InChI=1S/C14H17BrN2O/c15-13-4-3-12(8-16-13)17-14(18)7-11-6-9-1-2-10(11)5-9/h3-4,8-11H,1-2,5-7H2,(H,17,18). The molecule has 2 bridgehead atoms. The van der Waals surface area contributed by atoms with Crippen LogP contribution in [0.1, 0.15) is 32.1 Å². The van der Waals surface area contributed by atoms with E-state index in [1.165, 1.54) is 25.7 Å². The van der Waals surface area contributed by atoms with E-state index in [4.69, 9.17) is 0 Å². The maximum atomic E-state index is 12.0. The molecule has 2 saturated carbocycles. The van der Waals surface area contributed by atoms with Gasteiger partial charge in [-0.15, -0.1) is 0 Å². The van der Waals surface area contributed by atoms with Crippen LogP contribution in [-0.4, -0.2) is 10.9 Å². The van der Waals surface area contributed by atoms with Crippen LogP contribution in [0.3, 0.4) is 0 Å². The van der Waals surface area contributed by atoms with E-state index in [0.717, 1.165) is 22.1 Å². The lowest BCUT2D eigenvalue weighted by molar-refractivity contribution is -0.117. The summed E-state index contributed by atoms with van der Waals surface area (Å²) < 4.78 is 0.786. The molecule has 2 aliphatic rings. The van der Waals surface area contributed by atoms with Crippen LogP contribution in [0.15, 0.2) is 22.9 Å². The van der Waals surface area contributed by atoms with Gasteiger partial charge in [-0.3, -0.25) is 4.79 Å². The van der Waals surface area contributed by atoms with E-state index in [0.29, 0.717) is 12.3 Å². The topological polar surface area (TPSA) is 42.0 Å². The average Bonchev–Trinajstić information content (AvgIpc) is 2.94. The fourth-order valence-corrected chi connectivity index (χ4v) is 3.76. The molecule has 0 radical (unpaired) electrons. The van der Waals surface area contributed by atoms with Crippen molar-refractivity contribution >= 4 is 27.5 Å². The van der Waals surface area contributed by atoms with Crippen molar-refractivity contribution in [3.63, 3.8) is 0 Å². The maximum absolute atomic E-state index is 12.0. The maximum Gasteiger partial charge on any atom is 0.224 e. The predicted molar refractivity (Wildman–Crippen MR) is 74.1 cm³/mol. The van der Waals surface area contributed by atoms with Crippen LogP contribution >= 0.6 is 15.9 Å². The van der Waals surface area contributed by atoms with Gasteiger partial charge in [-0.25, -0.2) is 4.98 Å². The van der Waals surface area contributed by atoms with Gasteiger partial charge in [0.05, 0.1) is 11.9 Å². The molecule has 1 heterocycles. The van der Waals surface area contributed by atoms with Gasteiger partial charge in [-0.1, -0.05) is 6.42 Å². The fourth-order valence-electron chi connectivity index (χ4n) is 3.53. The number of nitrogens with one attached hydrogen (secondary N) is 1. The third-order valence-corrected chi connectivity index (χ3v) is 4.81. The van der Waals surface area contributed by atoms with E-state index >= 15 is 0 Å². The van der Waals surface area contributed by atoms with E-state index in [2.05, 4.69) is 26.2 Å². The second-order valence-corrected chi connectivity index (χ2v) is 6.37. The number of amides is 1. The molecule has 96 valence electrons. The molecule has 2 aliphatic carbocycles. The van der Waals surface area contributed by atoms with E-state index in [9.17, 15) is 4.79 Å². The van der Waals surface area contributed by atoms with Crippen molar-refractivity contribution in [2.75, 3.05) is 5.32 Å². The summed E-state index contributed by atoms with van der Waals surface area (Å²) in [7, 11) is 0. The second kappa shape index (κ2) is 5.00. The summed E-state index contributed by atoms with van der Waals surface area (Å²) in [6.45, 7) is 0. The molecule has 0 aliphatic heterocycles. The molecule has 0 spiro atoms. The van der Waals surface area contributed by atoms with Gasteiger partial charge < -0.3 is 5.32 Å². The molecule has 3 atom stereocenters. The summed E-state index contributed by atoms with van der Waals surface area (Å²) in [6.07, 6.45) is 7.70. The number of rotatable bonds is 3. The minimum Gasteiger partial charge on any atom is -0.325 e. The van der Waals surface area contributed by atoms with Gasteiger partial charge in [0.15, 0.2) is 0 Å². The first-order valence-corrected chi connectivity index (χ1v) is 7.41.